The summed E-state index contributed by atoms with van der Waals surface area (Å²) < 4.78 is 24.5. The summed E-state index contributed by atoms with van der Waals surface area (Å²) in [6.45, 7) is 0. The maximum absolute atomic E-state index is 6.27. The van der Waals surface area contributed by atoms with E-state index in [4.69, 9.17) is 18.9 Å². The highest BCUT2D eigenvalue weighted by atomic mass is 16.5. The van der Waals surface area contributed by atoms with Crippen molar-refractivity contribution in [1.29, 1.82) is 0 Å². The first-order valence-electron chi connectivity index (χ1n) is 16.5. The molecule has 8 aromatic rings. The second-order valence-electron chi connectivity index (χ2n) is 12.1. The first-order chi connectivity index (χ1) is 24.6. The van der Waals surface area contributed by atoms with Crippen molar-refractivity contribution in [3.8, 4) is 57.1 Å². The van der Waals surface area contributed by atoms with Gasteiger partial charge in [-0.15, -0.1) is 0 Å². The average Bonchev–Trinajstić information content (AvgIpc) is 3.17. The van der Waals surface area contributed by atoms with Crippen LogP contribution >= 0.6 is 0 Å². The van der Waals surface area contributed by atoms with E-state index in [0.29, 0.717) is 11.5 Å². The van der Waals surface area contributed by atoms with Crippen molar-refractivity contribution < 1.29 is 18.9 Å². The molecule has 0 unspecified atom stereocenters. The molecule has 0 heterocycles. The molecule has 242 valence electrons. The Balaban J connectivity index is 1.43. The van der Waals surface area contributed by atoms with Gasteiger partial charge in [-0.05, 0) is 67.4 Å². The normalized spacial score (nSPS) is 11.0. The SMILES string of the molecule is COc1ccc2ccccc2c1-c1c(OC)c(C#Cc2cc3ccccc3c(-c3c(OC)ccc4ccccc34)c2OC)cc2ccccc12. The van der Waals surface area contributed by atoms with E-state index in [1.807, 2.05) is 24.3 Å². The first-order valence-corrected chi connectivity index (χ1v) is 16.5. The highest BCUT2D eigenvalue weighted by Gasteiger charge is 2.23. The number of hydrogen-bond donors (Lipinski definition) is 0. The number of methoxy groups -OCH3 is 4. The lowest BCUT2D eigenvalue weighted by atomic mass is 9.89. The second kappa shape index (κ2) is 12.9. The van der Waals surface area contributed by atoms with Gasteiger partial charge in [0.25, 0.3) is 0 Å². The fourth-order valence-corrected chi connectivity index (χ4v) is 7.26. The molecule has 0 N–H and O–H groups in total. The Hall–Kier alpha value is -6.44. The Morgan fingerprint density at radius 2 is 0.680 bits per heavy atom. The number of ether oxygens (including phenoxy) is 4. The van der Waals surface area contributed by atoms with E-state index in [2.05, 4.69) is 121 Å². The Morgan fingerprint density at radius 3 is 1.04 bits per heavy atom. The maximum Gasteiger partial charge on any atom is 0.143 e. The highest BCUT2D eigenvalue weighted by molar-refractivity contribution is 6.12. The first kappa shape index (κ1) is 30.9. The molecule has 0 fully saturated rings. The molecule has 50 heavy (non-hydrogen) atoms. The minimum Gasteiger partial charge on any atom is -0.496 e. The van der Waals surface area contributed by atoms with Crippen LogP contribution in [0.5, 0.6) is 23.0 Å². The van der Waals surface area contributed by atoms with Gasteiger partial charge in [0.2, 0.25) is 0 Å². The fraction of sp³-hybridized carbons (Fsp3) is 0.0870. The zero-order valence-electron chi connectivity index (χ0n) is 28.3. The molecule has 0 amide bonds. The van der Waals surface area contributed by atoms with Gasteiger partial charge in [-0.25, -0.2) is 0 Å². The molecule has 0 bridgehead atoms. The summed E-state index contributed by atoms with van der Waals surface area (Å²) >= 11 is 0. The molecular formula is C46H34O4. The number of rotatable bonds is 6. The zero-order valence-corrected chi connectivity index (χ0v) is 28.3. The molecule has 0 spiro atoms. The van der Waals surface area contributed by atoms with E-state index in [0.717, 1.165) is 88.0 Å². The van der Waals surface area contributed by atoms with Crippen molar-refractivity contribution in [3.05, 3.63) is 145 Å². The van der Waals surface area contributed by atoms with Crippen LogP contribution in [0.3, 0.4) is 0 Å². The highest BCUT2D eigenvalue weighted by Crippen LogP contribution is 2.48. The zero-order chi connectivity index (χ0) is 34.2. The third kappa shape index (κ3) is 5.03. The third-order valence-corrected chi connectivity index (χ3v) is 9.46. The molecule has 0 radical (unpaired) electrons. The Morgan fingerprint density at radius 1 is 0.340 bits per heavy atom. The summed E-state index contributed by atoms with van der Waals surface area (Å²) in [5.74, 6) is 9.95. The minimum atomic E-state index is 0.682. The number of fused-ring (bicyclic) bond motifs is 4. The van der Waals surface area contributed by atoms with Crippen molar-refractivity contribution >= 4 is 43.1 Å². The van der Waals surface area contributed by atoms with Crippen LogP contribution in [0, 0.1) is 11.8 Å². The van der Waals surface area contributed by atoms with E-state index in [9.17, 15) is 0 Å². The third-order valence-electron chi connectivity index (χ3n) is 9.46. The van der Waals surface area contributed by atoms with Crippen LogP contribution in [0.1, 0.15) is 11.1 Å². The molecular weight excluding hydrogens is 617 g/mol. The summed E-state index contributed by atoms with van der Waals surface area (Å²) in [6.07, 6.45) is 0. The standard InChI is InChI=1S/C46H34O4/c1-47-39-25-23-29-13-5-9-17-35(29)41(39)43-37-19-11-7-15-31(37)27-33(45(43)49-3)21-22-34-28-32-16-8-12-20-38(32)44(46(34)50-4)42-36-18-10-6-14-30(36)24-26-40(42)48-2/h5-20,23-28H,1-4H3. The van der Waals surface area contributed by atoms with Crippen LogP contribution in [-0.4, -0.2) is 28.4 Å². The van der Waals surface area contributed by atoms with Crippen LogP contribution in [0.25, 0.3) is 65.3 Å². The van der Waals surface area contributed by atoms with Gasteiger partial charge >= 0.3 is 0 Å². The quantitative estimate of drug-likeness (QED) is 0.168. The van der Waals surface area contributed by atoms with E-state index < -0.39 is 0 Å². The van der Waals surface area contributed by atoms with Gasteiger partial charge in [0.05, 0.1) is 39.6 Å². The average molecular weight is 651 g/mol. The lowest BCUT2D eigenvalue weighted by Gasteiger charge is -2.19. The van der Waals surface area contributed by atoms with Crippen molar-refractivity contribution in [2.75, 3.05) is 28.4 Å². The van der Waals surface area contributed by atoms with Gasteiger partial charge < -0.3 is 18.9 Å². The number of benzene rings is 8. The number of hydrogen-bond acceptors (Lipinski definition) is 4. The summed E-state index contributed by atoms with van der Waals surface area (Å²) in [4.78, 5) is 0. The Kier molecular flexibility index (Phi) is 7.95. The van der Waals surface area contributed by atoms with Gasteiger partial charge in [-0.2, -0.15) is 0 Å². The molecule has 8 rings (SSSR count). The molecule has 0 aromatic heterocycles. The molecule has 4 nitrogen and oxygen atoms in total. The fourth-order valence-electron chi connectivity index (χ4n) is 7.26. The summed E-state index contributed by atoms with van der Waals surface area (Å²) in [6, 6.07) is 45.8. The van der Waals surface area contributed by atoms with Gasteiger partial charge in [-0.1, -0.05) is 121 Å². The minimum absolute atomic E-state index is 0.682. The molecule has 0 aliphatic rings. The molecule has 0 atom stereocenters. The smallest absolute Gasteiger partial charge is 0.143 e. The van der Waals surface area contributed by atoms with Crippen LogP contribution in [-0.2, 0) is 0 Å². The summed E-state index contributed by atoms with van der Waals surface area (Å²) in [5, 5.41) is 8.59. The topological polar surface area (TPSA) is 36.9 Å². The van der Waals surface area contributed by atoms with Crippen molar-refractivity contribution in [1.82, 2.24) is 0 Å². The lowest BCUT2D eigenvalue weighted by molar-refractivity contribution is 0.410. The van der Waals surface area contributed by atoms with E-state index in [1.165, 1.54) is 0 Å². The van der Waals surface area contributed by atoms with Crippen LogP contribution in [0.4, 0.5) is 0 Å². The van der Waals surface area contributed by atoms with E-state index >= 15 is 0 Å². The van der Waals surface area contributed by atoms with Gasteiger partial charge in [0, 0.05) is 22.3 Å². The van der Waals surface area contributed by atoms with Crippen LogP contribution in [0.15, 0.2) is 133 Å². The van der Waals surface area contributed by atoms with Crippen molar-refractivity contribution in [3.63, 3.8) is 0 Å². The van der Waals surface area contributed by atoms with Gasteiger partial charge in [-0.3, -0.25) is 0 Å². The predicted octanol–water partition coefficient (Wildman–Crippen LogP) is 11.1. The lowest BCUT2D eigenvalue weighted by Crippen LogP contribution is -1.98. The molecule has 8 aromatic carbocycles. The molecule has 0 saturated carbocycles. The van der Waals surface area contributed by atoms with Crippen molar-refractivity contribution in [2.45, 2.75) is 0 Å². The largest absolute Gasteiger partial charge is 0.496 e. The molecule has 4 heteroatoms. The van der Waals surface area contributed by atoms with Gasteiger partial charge in [0.1, 0.15) is 23.0 Å². The maximum atomic E-state index is 6.27. The molecule has 0 saturated heterocycles. The van der Waals surface area contributed by atoms with Crippen molar-refractivity contribution in [2.24, 2.45) is 0 Å². The van der Waals surface area contributed by atoms with Crippen LogP contribution < -0.4 is 18.9 Å². The Bertz CT molecular complexity index is 2480. The van der Waals surface area contributed by atoms with Gasteiger partial charge in [0.15, 0.2) is 0 Å². The molecule has 0 aliphatic heterocycles. The monoisotopic (exact) mass is 650 g/mol. The predicted molar refractivity (Wildman–Crippen MR) is 206 cm³/mol. The summed E-state index contributed by atoms with van der Waals surface area (Å²) in [7, 11) is 6.83. The summed E-state index contributed by atoms with van der Waals surface area (Å²) in [5.41, 5.74) is 5.34. The van der Waals surface area contributed by atoms with Crippen LogP contribution in [0.2, 0.25) is 0 Å². The van der Waals surface area contributed by atoms with E-state index in [-0.39, 0.29) is 0 Å². The van der Waals surface area contributed by atoms with E-state index in [1.54, 1.807) is 28.4 Å². The second-order valence-corrected chi connectivity index (χ2v) is 12.1. The molecule has 0 aliphatic carbocycles. The Labute approximate surface area is 291 Å².